The average Bonchev–Trinajstić information content (AvgIpc) is 3.32. The lowest BCUT2D eigenvalue weighted by Crippen LogP contribution is -2.22. The van der Waals surface area contributed by atoms with Crippen LogP contribution < -0.4 is 0 Å². The monoisotopic (exact) mass is 378 g/mol. The summed E-state index contributed by atoms with van der Waals surface area (Å²) >= 11 is 0. The van der Waals surface area contributed by atoms with Gasteiger partial charge in [0.1, 0.15) is 0 Å². The van der Waals surface area contributed by atoms with E-state index >= 15 is 0 Å². The van der Waals surface area contributed by atoms with Crippen LogP contribution in [0.3, 0.4) is 0 Å². The molecule has 2 aromatic heterocycles. The first-order valence-electron chi connectivity index (χ1n) is 9.24. The van der Waals surface area contributed by atoms with Gasteiger partial charge in [0.2, 0.25) is 0 Å². The third-order valence-corrected chi connectivity index (χ3v) is 4.75. The maximum Gasteiger partial charge on any atom is 0.183 e. The maximum atomic E-state index is 10.2. The molecule has 4 N–H and O–H groups in total. The van der Waals surface area contributed by atoms with Crippen molar-refractivity contribution in [3.63, 3.8) is 0 Å². The molecule has 0 aliphatic carbocycles. The molecule has 0 saturated heterocycles. The number of tetrazole rings is 2. The molecule has 2 unspecified atom stereocenters. The van der Waals surface area contributed by atoms with Crippen LogP contribution in [-0.4, -0.2) is 63.7 Å². The smallest absolute Gasteiger partial charge is 0.183 e. The summed E-state index contributed by atoms with van der Waals surface area (Å²) in [5.74, 6) is 1.23. The largest absolute Gasteiger partial charge is 0.393 e. The van der Waals surface area contributed by atoms with Crippen molar-refractivity contribution in [2.45, 2.75) is 82.8 Å². The third-order valence-electron chi connectivity index (χ3n) is 4.75. The number of allylic oxidation sites excluding steroid dienone is 1. The first-order valence-corrected chi connectivity index (χ1v) is 9.24. The number of aliphatic hydroxyl groups excluding tert-OH is 2. The van der Waals surface area contributed by atoms with Crippen LogP contribution in [0.25, 0.3) is 0 Å². The average molecular weight is 378 g/mol. The van der Waals surface area contributed by atoms with E-state index in [0.29, 0.717) is 30.9 Å². The Labute approximate surface area is 158 Å². The zero-order chi connectivity index (χ0) is 19.9. The van der Waals surface area contributed by atoms with Crippen molar-refractivity contribution in [3.8, 4) is 0 Å². The Morgan fingerprint density at radius 2 is 1.56 bits per heavy atom. The van der Waals surface area contributed by atoms with E-state index in [0.717, 1.165) is 12.8 Å². The zero-order valence-electron chi connectivity index (χ0n) is 16.4. The Balaban J connectivity index is 1.68. The Kier molecular flexibility index (Phi) is 7.14. The second-order valence-electron chi connectivity index (χ2n) is 8.13. The van der Waals surface area contributed by atoms with Gasteiger partial charge in [-0.1, -0.05) is 36.4 Å². The molecule has 150 valence electrons. The summed E-state index contributed by atoms with van der Waals surface area (Å²) in [6.07, 6.45) is 6.02. The van der Waals surface area contributed by atoms with Gasteiger partial charge in [-0.15, -0.1) is 20.4 Å². The van der Waals surface area contributed by atoms with Crippen LogP contribution in [0.1, 0.15) is 71.4 Å². The van der Waals surface area contributed by atoms with Gasteiger partial charge >= 0.3 is 0 Å². The first-order chi connectivity index (χ1) is 12.7. The summed E-state index contributed by atoms with van der Waals surface area (Å²) in [7, 11) is 0. The van der Waals surface area contributed by atoms with Crippen molar-refractivity contribution in [1.29, 1.82) is 0 Å². The van der Waals surface area contributed by atoms with Gasteiger partial charge < -0.3 is 10.2 Å². The van der Waals surface area contributed by atoms with E-state index in [1.54, 1.807) is 6.08 Å². The van der Waals surface area contributed by atoms with Crippen molar-refractivity contribution < 1.29 is 10.2 Å². The van der Waals surface area contributed by atoms with Crippen molar-refractivity contribution in [2.75, 3.05) is 0 Å². The zero-order valence-corrected chi connectivity index (χ0v) is 16.4. The van der Waals surface area contributed by atoms with Crippen molar-refractivity contribution in [3.05, 3.63) is 23.8 Å². The predicted octanol–water partition coefficient (Wildman–Crippen LogP) is 1.20. The van der Waals surface area contributed by atoms with Gasteiger partial charge in [-0.05, 0) is 46.0 Å². The van der Waals surface area contributed by atoms with Crippen molar-refractivity contribution in [1.82, 2.24) is 41.2 Å². The number of nitrogens with zero attached hydrogens (tertiary/aromatic N) is 6. The summed E-state index contributed by atoms with van der Waals surface area (Å²) in [5.41, 5.74) is -0.648. The van der Waals surface area contributed by atoms with Gasteiger partial charge in [0.05, 0.1) is 12.2 Å². The molecule has 0 aliphatic heterocycles. The molecule has 0 fully saturated rings. The SMILES string of the molecule is CC(C)(/C=C/C(O)CCCC(O)CCC(C)(C)c1nn[nH]n1)c1nn[nH]n1. The van der Waals surface area contributed by atoms with E-state index in [1.165, 1.54) is 0 Å². The number of hydrogen-bond donors (Lipinski definition) is 4. The number of aliphatic hydroxyl groups is 2. The van der Waals surface area contributed by atoms with Crippen LogP contribution in [0.2, 0.25) is 0 Å². The van der Waals surface area contributed by atoms with Crippen LogP contribution in [0.5, 0.6) is 0 Å². The van der Waals surface area contributed by atoms with E-state index in [2.05, 4.69) is 41.2 Å². The van der Waals surface area contributed by atoms with E-state index in [9.17, 15) is 10.2 Å². The minimum absolute atomic E-state index is 0.239. The standard InChI is InChI=1S/C17H30N8O2/c1-16(2,14-18-22-23-19-14)10-8-12(26)6-5-7-13(27)9-11-17(3,4)15-20-24-25-21-15/h8,10,12-13,26-27H,5-7,9,11H2,1-4H3,(H,18,19,22,23)(H,20,21,24,25)/b10-8+. The molecule has 10 nitrogen and oxygen atoms in total. The molecule has 2 rings (SSSR count). The van der Waals surface area contributed by atoms with Crippen LogP contribution in [-0.2, 0) is 10.8 Å². The highest BCUT2D eigenvalue weighted by atomic mass is 16.3. The molecule has 0 amide bonds. The van der Waals surface area contributed by atoms with Crippen LogP contribution >= 0.6 is 0 Å². The molecule has 0 bridgehead atoms. The van der Waals surface area contributed by atoms with E-state index < -0.39 is 17.6 Å². The molecule has 0 aromatic carbocycles. The molecule has 0 saturated carbocycles. The highest BCUT2D eigenvalue weighted by molar-refractivity contribution is 5.13. The number of aromatic amines is 2. The number of hydrogen-bond acceptors (Lipinski definition) is 8. The lowest BCUT2D eigenvalue weighted by Gasteiger charge is -2.22. The van der Waals surface area contributed by atoms with E-state index in [1.807, 2.05) is 33.8 Å². The van der Waals surface area contributed by atoms with Crippen molar-refractivity contribution >= 4 is 0 Å². The number of rotatable bonds is 11. The molecular formula is C17H30N8O2. The van der Waals surface area contributed by atoms with Crippen LogP contribution in [0.4, 0.5) is 0 Å². The normalized spacial score (nSPS) is 15.3. The maximum absolute atomic E-state index is 10.2. The Morgan fingerprint density at radius 1 is 0.926 bits per heavy atom. The molecule has 0 aliphatic rings. The van der Waals surface area contributed by atoms with Crippen LogP contribution in [0.15, 0.2) is 12.2 Å². The van der Waals surface area contributed by atoms with Gasteiger partial charge in [-0.2, -0.15) is 10.4 Å². The molecule has 2 heterocycles. The summed E-state index contributed by atoms with van der Waals surface area (Å²) in [5, 5.41) is 48.4. The summed E-state index contributed by atoms with van der Waals surface area (Å²) < 4.78 is 0. The fraction of sp³-hybridized carbons (Fsp3) is 0.765. The lowest BCUT2D eigenvalue weighted by atomic mass is 9.85. The summed E-state index contributed by atoms with van der Waals surface area (Å²) in [4.78, 5) is 0. The van der Waals surface area contributed by atoms with Gasteiger partial charge in [0, 0.05) is 10.8 Å². The molecule has 10 heteroatoms. The van der Waals surface area contributed by atoms with E-state index in [-0.39, 0.29) is 5.41 Å². The van der Waals surface area contributed by atoms with Gasteiger partial charge in [-0.25, -0.2) is 0 Å². The van der Waals surface area contributed by atoms with Gasteiger partial charge in [0.15, 0.2) is 11.6 Å². The first kappa shape index (κ1) is 21.1. The Morgan fingerprint density at radius 3 is 2.15 bits per heavy atom. The second-order valence-corrected chi connectivity index (χ2v) is 8.13. The summed E-state index contributed by atoms with van der Waals surface area (Å²) in [6.45, 7) is 7.97. The second kappa shape index (κ2) is 9.14. The quantitative estimate of drug-likeness (QED) is 0.426. The minimum atomic E-state index is -0.570. The number of nitrogens with one attached hydrogen (secondary N) is 2. The van der Waals surface area contributed by atoms with Gasteiger partial charge in [0.25, 0.3) is 0 Å². The highest BCUT2D eigenvalue weighted by Gasteiger charge is 2.26. The Hall–Kier alpha value is -2.20. The molecule has 27 heavy (non-hydrogen) atoms. The van der Waals surface area contributed by atoms with Gasteiger partial charge in [-0.3, -0.25) is 0 Å². The lowest BCUT2D eigenvalue weighted by molar-refractivity contribution is 0.131. The molecule has 0 radical (unpaired) electrons. The topological polar surface area (TPSA) is 149 Å². The van der Waals surface area contributed by atoms with Crippen molar-refractivity contribution in [2.24, 2.45) is 0 Å². The Bertz CT molecular complexity index is 682. The molecule has 2 atom stereocenters. The fourth-order valence-electron chi connectivity index (χ4n) is 2.75. The highest BCUT2D eigenvalue weighted by Crippen LogP contribution is 2.26. The van der Waals surface area contributed by atoms with Crippen LogP contribution in [0, 0.1) is 0 Å². The number of aromatic nitrogens is 8. The minimum Gasteiger partial charge on any atom is -0.393 e. The molecule has 2 aromatic rings. The third kappa shape index (κ3) is 6.47. The number of H-pyrrole nitrogens is 2. The molecular weight excluding hydrogens is 348 g/mol. The molecule has 0 spiro atoms. The fourth-order valence-corrected chi connectivity index (χ4v) is 2.75. The predicted molar refractivity (Wildman–Crippen MR) is 98.6 cm³/mol. The van der Waals surface area contributed by atoms with E-state index in [4.69, 9.17) is 0 Å². The summed E-state index contributed by atoms with van der Waals surface area (Å²) in [6, 6.07) is 0.